The Balaban J connectivity index is 1.55. The molecule has 1 aromatic heterocycles. The largest absolute Gasteiger partial charge is 0.462 e. The molecule has 0 aromatic carbocycles. The summed E-state index contributed by atoms with van der Waals surface area (Å²) in [7, 11) is 1.57. The monoisotopic (exact) mass is 643 g/mol. The molecular weight excluding hydrogens is 594 g/mol. The summed E-state index contributed by atoms with van der Waals surface area (Å²) >= 11 is 0. The van der Waals surface area contributed by atoms with Crippen molar-refractivity contribution in [2.24, 2.45) is 17.8 Å². The molecule has 11 nitrogen and oxygen atoms in total. The highest BCUT2D eigenvalue weighted by atomic mass is 16.6. The van der Waals surface area contributed by atoms with E-state index in [0.29, 0.717) is 18.7 Å². The summed E-state index contributed by atoms with van der Waals surface area (Å²) in [5.74, 6) is -1.28. The van der Waals surface area contributed by atoms with Gasteiger partial charge in [-0.15, -0.1) is 0 Å². The van der Waals surface area contributed by atoms with Crippen molar-refractivity contribution < 1.29 is 48.3 Å². The number of methoxy groups -OCH3 is 1. The number of hydrogen-bond acceptors (Lipinski definition) is 11. The molecule has 11 heteroatoms. The molecule has 46 heavy (non-hydrogen) atoms. The van der Waals surface area contributed by atoms with Crippen molar-refractivity contribution in [2.45, 2.75) is 116 Å². The van der Waals surface area contributed by atoms with Crippen molar-refractivity contribution in [3.05, 3.63) is 59.4 Å². The van der Waals surface area contributed by atoms with Crippen LogP contribution in [0.3, 0.4) is 0 Å². The van der Waals surface area contributed by atoms with Gasteiger partial charge in [0.1, 0.15) is 29.8 Å². The van der Waals surface area contributed by atoms with Gasteiger partial charge < -0.3 is 38.7 Å². The van der Waals surface area contributed by atoms with Crippen LogP contribution in [0, 0.1) is 24.7 Å². The minimum atomic E-state index is -1.77. The van der Waals surface area contributed by atoms with Crippen LogP contribution in [0.15, 0.2) is 52.2 Å². The highest BCUT2D eigenvalue weighted by molar-refractivity contribution is 5.78. The Morgan fingerprint density at radius 1 is 1.15 bits per heavy atom. The summed E-state index contributed by atoms with van der Waals surface area (Å²) in [5, 5.41) is 33.3. The number of nitrogens with zero attached hydrogens (tertiary/aromatic N) is 1. The van der Waals surface area contributed by atoms with Crippen molar-refractivity contribution >= 4 is 18.0 Å². The van der Waals surface area contributed by atoms with E-state index in [1.807, 2.05) is 45.1 Å². The number of aliphatic hydroxyl groups excluding tert-OH is 2. The Bertz CT molecular complexity index is 1340. The van der Waals surface area contributed by atoms with Crippen molar-refractivity contribution in [3.63, 3.8) is 0 Å². The third-order valence-electron chi connectivity index (χ3n) is 9.34. The van der Waals surface area contributed by atoms with Crippen LogP contribution in [0.4, 0.5) is 0 Å². The molecule has 4 heterocycles. The van der Waals surface area contributed by atoms with E-state index < -0.39 is 66.1 Å². The SMILES string of the molecule is CO[C@@H](/C(C)=C/C=C/C(C)=C/c1coc(C)n1)[C@@H](C)C1C[C@H](O)C(C)(O)/C=C/C(O)[C@@H](C)[C@H]2C[C@H](CC(=O)O2)C[C@@H]2O[C@H]2C(=O)O1. The average molecular weight is 644 g/mol. The van der Waals surface area contributed by atoms with Gasteiger partial charge in [-0.2, -0.15) is 0 Å². The number of hydrogen-bond donors (Lipinski definition) is 3. The van der Waals surface area contributed by atoms with Crippen molar-refractivity contribution in [3.8, 4) is 0 Å². The van der Waals surface area contributed by atoms with Gasteiger partial charge in [0.15, 0.2) is 12.0 Å². The third-order valence-corrected chi connectivity index (χ3v) is 9.34. The lowest BCUT2D eigenvalue weighted by Crippen LogP contribution is -2.45. The summed E-state index contributed by atoms with van der Waals surface area (Å²) in [5.41, 5.74) is 0.779. The molecule has 254 valence electrons. The molecule has 11 atom stereocenters. The van der Waals surface area contributed by atoms with Crippen molar-refractivity contribution in [1.29, 1.82) is 0 Å². The molecule has 3 aliphatic heterocycles. The molecule has 3 unspecified atom stereocenters. The molecular formula is C35H49NO10. The molecule has 0 spiro atoms. The van der Waals surface area contributed by atoms with E-state index in [0.717, 1.165) is 16.8 Å². The topological polar surface area (TPSA) is 161 Å². The number of aryl methyl sites for hydroxylation is 1. The standard InChI is InChI=1S/C35H49NO10/c1-19(13-25-18-43-23(5)36-25)9-8-10-20(2)32(42-7)22(4)28-17-30(38)35(6,41)12-11-26(37)21(3)27-14-24(16-31(39)44-27)15-29-33(45-29)34(40)46-28/h8-13,18,21-22,24,26-30,32-33,37-38,41H,14-17H2,1-7H3/b9-8+,12-11+,19-13+,20-10+/t21-,22+,24+,26?,27-,28?,29+,30+,32+,33-,35?/m1/s1. The van der Waals surface area contributed by atoms with Gasteiger partial charge >= 0.3 is 11.9 Å². The first-order valence-corrected chi connectivity index (χ1v) is 16.0. The van der Waals surface area contributed by atoms with Gasteiger partial charge in [0, 0.05) is 38.7 Å². The number of carbonyl (C=O) groups is 2. The van der Waals surface area contributed by atoms with Crippen LogP contribution in [-0.2, 0) is 28.5 Å². The predicted octanol–water partition coefficient (Wildman–Crippen LogP) is 4.00. The Morgan fingerprint density at radius 2 is 1.87 bits per heavy atom. The molecule has 3 N–H and O–H groups in total. The Hall–Kier alpha value is -3.09. The van der Waals surface area contributed by atoms with Crippen LogP contribution in [0.1, 0.15) is 71.9 Å². The Morgan fingerprint density at radius 3 is 2.54 bits per heavy atom. The second kappa shape index (κ2) is 15.2. The number of esters is 2. The first-order chi connectivity index (χ1) is 21.7. The predicted molar refractivity (Wildman–Crippen MR) is 169 cm³/mol. The van der Waals surface area contributed by atoms with E-state index in [2.05, 4.69) is 4.98 Å². The summed E-state index contributed by atoms with van der Waals surface area (Å²) in [6, 6.07) is 0. The summed E-state index contributed by atoms with van der Waals surface area (Å²) in [4.78, 5) is 30.0. The molecule has 1 aromatic rings. The molecule has 0 saturated carbocycles. The molecule has 0 amide bonds. The average Bonchev–Trinajstić information content (AvgIpc) is 3.64. The Labute approximate surface area is 271 Å². The molecule has 2 fully saturated rings. The summed E-state index contributed by atoms with van der Waals surface area (Å²) in [6.07, 6.45) is 7.64. The van der Waals surface area contributed by atoms with Gasteiger partial charge in [0.25, 0.3) is 0 Å². The van der Waals surface area contributed by atoms with E-state index in [-0.39, 0.29) is 24.7 Å². The number of aromatic nitrogens is 1. The molecule has 2 saturated heterocycles. The second-order valence-corrected chi connectivity index (χ2v) is 13.3. The number of epoxide rings is 1. The molecule has 4 rings (SSSR count). The zero-order valence-electron chi connectivity index (χ0n) is 27.8. The van der Waals surface area contributed by atoms with Crippen molar-refractivity contribution in [2.75, 3.05) is 7.11 Å². The van der Waals surface area contributed by atoms with Gasteiger partial charge in [-0.05, 0) is 56.8 Å². The number of cyclic esters (lactones) is 1. The zero-order valence-corrected chi connectivity index (χ0v) is 27.8. The van der Waals surface area contributed by atoms with E-state index >= 15 is 0 Å². The quantitative estimate of drug-likeness (QED) is 0.170. The maximum atomic E-state index is 13.3. The van der Waals surface area contributed by atoms with Gasteiger partial charge in [0.2, 0.25) is 0 Å². The number of oxazole rings is 1. The molecule has 0 radical (unpaired) electrons. The van der Waals surface area contributed by atoms with Crippen LogP contribution in [0.25, 0.3) is 6.08 Å². The smallest absolute Gasteiger partial charge is 0.338 e. The van der Waals surface area contributed by atoms with Crippen LogP contribution in [0.2, 0.25) is 0 Å². The number of allylic oxidation sites excluding steroid dienone is 4. The maximum absolute atomic E-state index is 13.3. The summed E-state index contributed by atoms with van der Waals surface area (Å²) < 4.78 is 28.4. The lowest BCUT2D eigenvalue weighted by molar-refractivity contribution is -0.162. The minimum absolute atomic E-state index is 0.0718. The fraction of sp³-hybridized carbons (Fsp3) is 0.629. The minimum Gasteiger partial charge on any atom is -0.462 e. The lowest BCUT2D eigenvalue weighted by atomic mass is 9.83. The normalized spacial score (nSPS) is 36.8. The molecule has 3 aliphatic rings. The van der Waals surface area contributed by atoms with E-state index in [4.69, 9.17) is 23.4 Å². The Kier molecular flexibility index (Phi) is 11.8. The van der Waals surface area contributed by atoms with Crippen molar-refractivity contribution in [1.82, 2.24) is 4.98 Å². The van der Waals surface area contributed by atoms with E-state index in [1.54, 1.807) is 27.2 Å². The number of fused-ring (bicyclic) bond motifs is 3. The number of ether oxygens (including phenoxy) is 4. The van der Waals surface area contributed by atoms with Gasteiger partial charge in [0.05, 0.1) is 24.4 Å². The van der Waals surface area contributed by atoms with Crippen LogP contribution in [-0.4, -0.2) is 87.7 Å². The number of rotatable bonds is 7. The first-order valence-electron chi connectivity index (χ1n) is 16.0. The zero-order chi connectivity index (χ0) is 33.8. The van der Waals surface area contributed by atoms with Gasteiger partial charge in [-0.1, -0.05) is 44.2 Å². The highest BCUT2D eigenvalue weighted by Crippen LogP contribution is 2.38. The third kappa shape index (κ3) is 9.25. The number of aliphatic hydroxyl groups is 3. The molecule has 2 bridgehead atoms. The van der Waals surface area contributed by atoms with E-state index in [1.165, 1.54) is 19.1 Å². The van der Waals surface area contributed by atoms with Crippen LogP contribution < -0.4 is 0 Å². The number of carbonyl (C=O) groups excluding carboxylic acids is 2. The van der Waals surface area contributed by atoms with Crippen LogP contribution >= 0.6 is 0 Å². The fourth-order valence-corrected chi connectivity index (χ4v) is 6.30. The van der Waals surface area contributed by atoms with E-state index in [9.17, 15) is 24.9 Å². The fourth-order valence-electron chi connectivity index (χ4n) is 6.30. The van der Waals surface area contributed by atoms with Crippen LogP contribution in [0.5, 0.6) is 0 Å². The second-order valence-electron chi connectivity index (χ2n) is 13.3. The summed E-state index contributed by atoms with van der Waals surface area (Å²) in [6.45, 7) is 10.7. The molecule has 0 aliphatic carbocycles. The maximum Gasteiger partial charge on any atom is 0.338 e. The lowest BCUT2D eigenvalue weighted by Gasteiger charge is -2.35. The van der Waals surface area contributed by atoms with Gasteiger partial charge in [-0.3, -0.25) is 4.79 Å². The van der Waals surface area contributed by atoms with Gasteiger partial charge in [-0.25, -0.2) is 9.78 Å². The first kappa shape index (κ1) is 35.8. The highest BCUT2D eigenvalue weighted by Gasteiger charge is 2.50.